The fraction of sp³-hybridized carbons (Fsp3) is 0.650. The molecule has 3 rings (SSSR count). The molecule has 0 heterocycles. The zero-order valence-corrected chi connectivity index (χ0v) is 16.2. The van der Waals surface area contributed by atoms with E-state index in [0.29, 0.717) is 5.92 Å². The monoisotopic (exact) mass is 378 g/mol. The van der Waals surface area contributed by atoms with Crippen molar-refractivity contribution in [3.8, 4) is 0 Å². The minimum Gasteiger partial charge on any atom is -0.481 e. The Kier molecular flexibility index (Phi) is 4.15. The summed E-state index contributed by atoms with van der Waals surface area (Å²) in [5, 5.41) is 9.86. The average Bonchev–Trinajstić information content (AvgIpc) is 2.46. The lowest BCUT2D eigenvalue weighted by molar-refractivity contribution is -0.157. The second-order valence-electron chi connectivity index (χ2n) is 8.27. The molecule has 2 aliphatic carbocycles. The maximum absolute atomic E-state index is 12.0. The smallest absolute Gasteiger partial charge is 0.309 e. The predicted molar refractivity (Wildman–Crippen MR) is 97.0 cm³/mol. The van der Waals surface area contributed by atoms with Gasteiger partial charge in [0.2, 0.25) is 0 Å². The van der Waals surface area contributed by atoms with Gasteiger partial charge in [-0.25, -0.2) is 0 Å². The minimum atomic E-state index is -0.616. The molecule has 0 aliphatic heterocycles. The van der Waals surface area contributed by atoms with Gasteiger partial charge in [-0.2, -0.15) is 0 Å². The maximum atomic E-state index is 12.0. The van der Waals surface area contributed by atoms with E-state index in [1.165, 1.54) is 21.2 Å². The summed E-state index contributed by atoms with van der Waals surface area (Å²) in [5.41, 5.74) is 3.58. The molecule has 126 valence electrons. The number of aryl methyl sites for hydroxylation is 1. The topological polar surface area (TPSA) is 37.3 Å². The molecule has 1 aromatic rings. The molecule has 0 saturated heterocycles. The first-order chi connectivity index (χ1) is 10.7. The molecule has 1 aromatic carbocycles. The van der Waals surface area contributed by atoms with E-state index in [1.807, 2.05) is 6.92 Å². The van der Waals surface area contributed by atoms with Gasteiger partial charge in [0.25, 0.3) is 0 Å². The molecule has 0 spiro atoms. The molecule has 0 aromatic heterocycles. The highest BCUT2D eigenvalue weighted by Crippen LogP contribution is 2.57. The number of carboxylic acids is 1. The fourth-order valence-corrected chi connectivity index (χ4v) is 6.01. The van der Waals surface area contributed by atoms with Crippen molar-refractivity contribution in [1.29, 1.82) is 0 Å². The number of carboxylic acid groups (broad SMARTS) is 1. The molecule has 3 heteroatoms. The number of hydrogen-bond acceptors (Lipinski definition) is 1. The van der Waals surface area contributed by atoms with Crippen molar-refractivity contribution in [2.24, 2.45) is 11.3 Å². The first kappa shape index (κ1) is 17.0. The molecule has 0 radical (unpaired) electrons. The standard InChI is InChI=1S/C20H27BrO2/c1-12(2)14-10-13-6-7-17-19(3,15(13)11-16(14)21)8-5-9-20(17,4)18(22)23/h10-12,17H,5-9H2,1-4H3,(H,22,23)/t17-,19+,20+/m0/s1. The van der Waals surface area contributed by atoms with Crippen LogP contribution in [0.4, 0.5) is 0 Å². The van der Waals surface area contributed by atoms with Crippen molar-refractivity contribution in [3.63, 3.8) is 0 Å². The SMILES string of the molecule is CC(C)c1cc2c(cc1Br)[C@@]1(C)CCC[C@@](C)(C(=O)O)[C@H]1CC2. The van der Waals surface area contributed by atoms with Crippen molar-refractivity contribution in [3.05, 3.63) is 33.3 Å². The molecule has 1 saturated carbocycles. The highest BCUT2D eigenvalue weighted by Gasteiger charge is 2.55. The van der Waals surface area contributed by atoms with Crippen LogP contribution in [0.25, 0.3) is 0 Å². The summed E-state index contributed by atoms with van der Waals surface area (Å²) in [6, 6.07) is 4.66. The van der Waals surface area contributed by atoms with Gasteiger partial charge in [0.15, 0.2) is 0 Å². The quantitative estimate of drug-likeness (QED) is 0.719. The summed E-state index contributed by atoms with van der Waals surface area (Å²) < 4.78 is 1.18. The van der Waals surface area contributed by atoms with E-state index in [4.69, 9.17) is 0 Å². The van der Waals surface area contributed by atoms with Crippen LogP contribution < -0.4 is 0 Å². The Morgan fingerprint density at radius 2 is 2.00 bits per heavy atom. The maximum Gasteiger partial charge on any atom is 0.309 e. The van der Waals surface area contributed by atoms with Crippen LogP contribution in [0.15, 0.2) is 16.6 Å². The van der Waals surface area contributed by atoms with Crippen molar-refractivity contribution in [2.45, 2.75) is 71.1 Å². The van der Waals surface area contributed by atoms with Gasteiger partial charge in [0, 0.05) is 4.47 Å². The molecule has 0 unspecified atom stereocenters. The largest absolute Gasteiger partial charge is 0.481 e. The van der Waals surface area contributed by atoms with Gasteiger partial charge < -0.3 is 5.11 Å². The van der Waals surface area contributed by atoms with Gasteiger partial charge >= 0.3 is 5.97 Å². The van der Waals surface area contributed by atoms with Gasteiger partial charge in [-0.15, -0.1) is 0 Å². The molecular formula is C20H27BrO2. The van der Waals surface area contributed by atoms with Gasteiger partial charge in [-0.05, 0) is 72.6 Å². The molecule has 1 fully saturated rings. The van der Waals surface area contributed by atoms with E-state index < -0.39 is 11.4 Å². The van der Waals surface area contributed by atoms with Crippen LogP contribution in [0.1, 0.15) is 76.0 Å². The average molecular weight is 379 g/mol. The third-order valence-corrected chi connectivity index (χ3v) is 7.27. The second-order valence-corrected chi connectivity index (χ2v) is 9.12. The number of halogens is 1. The molecular weight excluding hydrogens is 352 g/mol. The molecule has 1 N–H and O–H groups in total. The van der Waals surface area contributed by atoms with Crippen molar-refractivity contribution < 1.29 is 9.90 Å². The lowest BCUT2D eigenvalue weighted by Crippen LogP contribution is -2.52. The van der Waals surface area contributed by atoms with Gasteiger partial charge in [0.05, 0.1) is 5.41 Å². The Balaban J connectivity index is 2.13. The number of carbonyl (C=O) groups is 1. The number of benzene rings is 1. The Morgan fingerprint density at radius 3 is 2.61 bits per heavy atom. The van der Waals surface area contributed by atoms with E-state index in [2.05, 4.69) is 48.8 Å². The van der Waals surface area contributed by atoms with E-state index >= 15 is 0 Å². The summed E-state index contributed by atoms with van der Waals surface area (Å²) in [4.78, 5) is 12.0. The molecule has 3 atom stereocenters. The van der Waals surface area contributed by atoms with Crippen LogP contribution in [0.3, 0.4) is 0 Å². The fourth-order valence-electron chi connectivity index (χ4n) is 5.21. The normalized spacial score (nSPS) is 33.2. The Morgan fingerprint density at radius 1 is 1.30 bits per heavy atom. The summed E-state index contributed by atoms with van der Waals surface area (Å²) in [6.07, 6.45) is 4.90. The number of fused-ring (bicyclic) bond motifs is 3. The van der Waals surface area contributed by atoms with Crippen molar-refractivity contribution in [1.82, 2.24) is 0 Å². The van der Waals surface area contributed by atoms with Gasteiger partial charge in [0.1, 0.15) is 0 Å². The van der Waals surface area contributed by atoms with E-state index in [1.54, 1.807) is 0 Å². The first-order valence-electron chi connectivity index (χ1n) is 8.76. The van der Waals surface area contributed by atoms with E-state index in [9.17, 15) is 9.90 Å². The highest BCUT2D eigenvalue weighted by molar-refractivity contribution is 9.10. The highest BCUT2D eigenvalue weighted by atomic mass is 79.9. The zero-order chi connectivity index (χ0) is 17.0. The predicted octanol–water partition coefficient (Wildman–Crippen LogP) is 5.67. The Bertz CT molecular complexity index is 651. The minimum absolute atomic E-state index is 0.0169. The van der Waals surface area contributed by atoms with Crippen LogP contribution >= 0.6 is 15.9 Å². The summed E-state index contributed by atoms with van der Waals surface area (Å²) >= 11 is 3.76. The van der Waals surface area contributed by atoms with Gasteiger partial charge in [-0.3, -0.25) is 4.79 Å². The third kappa shape index (κ3) is 2.47. The van der Waals surface area contributed by atoms with Crippen LogP contribution in [0, 0.1) is 11.3 Å². The Hall–Kier alpha value is -0.830. The van der Waals surface area contributed by atoms with Gasteiger partial charge in [-0.1, -0.05) is 49.2 Å². The molecule has 2 aliphatic rings. The lowest BCUT2D eigenvalue weighted by atomic mass is 9.50. The second kappa shape index (κ2) is 5.61. The van der Waals surface area contributed by atoms with Crippen molar-refractivity contribution in [2.75, 3.05) is 0 Å². The van der Waals surface area contributed by atoms with Crippen LogP contribution in [-0.4, -0.2) is 11.1 Å². The number of aliphatic carboxylic acids is 1. The number of rotatable bonds is 2. The first-order valence-corrected chi connectivity index (χ1v) is 9.55. The molecule has 0 bridgehead atoms. The lowest BCUT2D eigenvalue weighted by Gasteiger charge is -2.53. The van der Waals surface area contributed by atoms with Crippen LogP contribution in [0.5, 0.6) is 0 Å². The van der Waals surface area contributed by atoms with E-state index in [-0.39, 0.29) is 11.3 Å². The molecule has 23 heavy (non-hydrogen) atoms. The zero-order valence-electron chi connectivity index (χ0n) is 14.6. The number of hydrogen-bond donors (Lipinski definition) is 1. The summed E-state index contributed by atoms with van der Waals surface area (Å²) in [7, 11) is 0. The van der Waals surface area contributed by atoms with Crippen LogP contribution in [0.2, 0.25) is 0 Å². The molecule has 2 nitrogen and oxygen atoms in total. The summed E-state index contributed by atoms with van der Waals surface area (Å²) in [5.74, 6) is 0.108. The van der Waals surface area contributed by atoms with Crippen molar-refractivity contribution >= 4 is 21.9 Å². The van der Waals surface area contributed by atoms with Crippen LogP contribution in [-0.2, 0) is 16.6 Å². The van der Waals surface area contributed by atoms with E-state index in [0.717, 1.165) is 32.1 Å². The summed E-state index contributed by atoms with van der Waals surface area (Å²) in [6.45, 7) is 8.72. The third-order valence-electron chi connectivity index (χ3n) is 6.58. The Labute approximate surface area is 147 Å². The molecule has 0 amide bonds.